The van der Waals surface area contributed by atoms with Gasteiger partial charge in [0.25, 0.3) is 5.91 Å². The first-order valence-corrected chi connectivity index (χ1v) is 9.61. The maximum atomic E-state index is 13.4. The van der Waals surface area contributed by atoms with Gasteiger partial charge in [0.15, 0.2) is 0 Å². The van der Waals surface area contributed by atoms with Crippen LogP contribution in [0.3, 0.4) is 0 Å². The number of benzene rings is 2. The van der Waals surface area contributed by atoms with Crippen molar-refractivity contribution < 1.29 is 27.2 Å². The fraction of sp³-hybridized carbons (Fsp3) is 0.333. The van der Waals surface area contributed by atoms with Gasteiger partial charge in [-0.25, -0.2) is 19.3 Å². The van der Waals surface area contributed by atoms with E-state index in [-0.39, 0.29) is 5.69 Å². The summed E-state index contributed by atoms with van der Waals surface area (Å²) in [6, 6.07) is 8.78. The highest BCUT2D eigenvalue weighted by atomic mass is 19.4. The predicted molar refractivity (Wildman–Crippen MR) is 98.4 cm³/mol. The van der Waals surface area contributed by atoms with Crippen molar-refractivity contribution in [3.63, 3.8) is 0 Å². The lowest BCUT2D eigenvalue weighted by atomic mass is 9.90. The number of carbonyl (C=O) groups is 2. The first-order valence-electron chi connectivity index (χ1n) is 9.61. The number of carbonyl (C=O) groups excluding carboxylic acids is 2. The lowest BCUT2D eigenvalue weighted by molar-refractivity contribution is -0.137. The van der Waals surface area contributed by atoms with Crippen LogP contribution in [0.15, 0.2) is 48.5 Å². The predicted octanol–water partition coefficient (Wildman–Crippen LogP) is 3.38. The molecular weight excluding hydrogens is 402 g/mol. The zero-order valence-corrected chi connectivity index (χ0v) is 15.6. The molecule has 9 heteroatoms. The van der Waals surface area contributed by atoms with Gasteiger partial charge in [0.1, 0.15) is 11.9 Å². The van der Waals surface area contributed by atoms with Gasteiger partial charge in [-0.1, -0.05) is 18.2 Å². The van der Waals surface area contributed by atoms with Crippen molar-refractivity contribution in [3.8, 4) is 0 Å². The van der Waals surface area contributed by atoms with Gasteiger partial charge in [-0.2, -0.15) is 13.2 Å². The molecule has 3 fully saturated rings. The molecule has 5 nitrogen and oxygen atoms in total. The van der Waals surface area contributed by atoms with Gasteiger partial charge >= 0.3 is 6.18 Å². The van der Waals surface area contributed by atoms with Crippen molar-refractivity contribution in [3.05, 3.63) is 65.5 Å². The van der Waals surface area contributed by atoms with Crippen LogP contribution < -0.4 is 4.90 Å². The molecule has 2 amide bonds. The summed E-state index contributed by atoms with van der Waals surface area (Å²) in [4.78, 5) is 27.4. The van der Waals surface area contributed by atoms with Crippen LogP contribution in [0.2, 0.25) is 0 Å². The summed E-state index contributed by atoms with van der Waals surface area (Å²) in [5.74, 6) is -2.24. The highest BCUT2D eigenvalue weighted by Crippen LogP contribution is 2.49. The van der Waals surface area contributed by atoms with E-state index in [1.807, 2.05) is 10.0 Å². The number of alkyl halides is 3. The molecular formula is C21H17F4N3O2. The summed E-state index contributed by atoms with van der Waals surface area (Å²) in [6.45, 7) is 1.23. The normalized spacial score (nSPS) is 27.1. The number of anilines is 1. The van der Waals surface area contributed by atoms with Crippen molar-refractivity contribution in [2.75, 3.05) is 18.0 Å². The maximum absolute atomic E-state index is 13.4. The SMILES string of the molecule is O=C1[C@@H]2[C@@H](c3ccc(F)cc3)N3CCCN3[C@H]2C(=O)N1c1cccc(C(F)(F)F)c1. The Bertz CT molecular complexity index is 1020. The number of imide groups is 1. The van der Waals surface area contributed by atoms with Gasteiger partial charge in [0.2, 0.25) is 5.91 Å². The first kappa shape index (κ1) is 19.2. The first-order chi connectivity index (χ1) is 14.3. The molecule has 0 radical (unpaired) electrons. The van der Waals surface area contributed by atoms with E-state index in [2.05, 4.69) is 0 Å². The highest BCUT2D eigenvalue weighted by molar-refractivity contribution is 6.24. The lowest BCUT2D eigenvalue weighted by Gasteiger charge is -2.29. The van der Waals surface area contributed by atoms with Crippen molar-refractivity contribution in [2.24, 2.45) is 5.92 Å². The fourth-order valence-corrected chi connectivity index (χ4v) is 4.85. The molecule has 3 heterocycles. The number of hydrogen-bond donors (Lipinski definition) is 0. The van der Waals surface area contributed by atoms with Crippen LogP contribution in [0.5, 0.6) is 0 Å². The molecule has 0 saturated carbocycles. The van der Waals surface area contributed by atoms with Gasteiger partial charge in [-0.05, 0) is 42.3 Å². The molecule has 3 aliphatic rings. The lowest BCUT2D eigenvalue weighted by Crippen LogP contribution is -2.44. The van der Waals surface area contributed by atoms with Crippen molar-refractivity contribution >= 4 is 17.5 Å². The van der Waals surface area contributed by atoms with Crippen LogP contribution >= 0.6 is 0 Å². The van der Waals surface area contributed by atoms with E-state index in [0.717, 1.165) is 23.5 Å². The van der Waals surface area contributed by atoms with E-state index in [0.29, 0.717) is 18.7 Å². The smallest absolute Gasteiger partial charge is 0.274 e. The van der Waals surface area contributed by atoms with Crippen LogP contribution in [0.4, 0.5) is 23.2 Å². The molecule has 0 unspecified atom stereocenters. The van der Waals surface area contributed by atoms with Crippen LogP contribution in [0.1, 0.15) is 23.6 Å². The van der Waals surface area contributed by atoms with E-state index in [1.165, 1.54) is 24.3 Å². The second kappa shape index (κ2) is 6.61. The molecule has 5 rings (SSSR count). The molecule has 0 N–H and O–H groups in total. The van der Waals surface area contributed by atoms with Crippen molar-refractivity contribution in [1.82, 2.24) is 10.0 Å². The standard InChI is InChI=1S/C21H17F4N3O2/c22-14-7-5-12(6-8-14)17-16-18(27-10-2-9-26(17)27)20(30)28(19(16)29)15-4-1-3-13(11-15)21(23,24)25/h1,3-8,11,16-18H,2,9-10H2/t16-,17-,18-/m1/s1. The summed E-state index contributed by atoms with van der Waals surface area (Å²) in [5, 5.41) is 3.80. The zero-order chi connectivity index (χ0) is 21.2. The van der Waals surface area contributed by atoms with E-state index >= 15 is 0 Å². The number of amides is 2. The molecule has 2 aromatic rings. The van der Waals surface area contributed by atoms with E-state index < -0.39 is 47.4 Å². The van der Waals surface area contributed by atoms with Crippen molar-refractivity contribution in [1.29, 1.82) is 0 Å². The highest BCUT2D eigenvalue weighted by Gasteiger charge is 2.62. The molecule has 0 spiro atoms. The second-order valence-electron chi connectivity index (χ2n) is 7.71. The van der Waals surface area contributed by atoms with Crippen LogP contribution in [-0.4, -0.2) is 41.0 Å². The largest absolute Gasteiger partial charge is 0.416 e. The molecule has 30 heavy (non-hydrogen) atoms. The second-order valence-corrected chi connectivity index (χ2v) is 7.71. The molecule has 156 valence electrons. The molecule has 0 bridgehead atoms. The molecule has 3 aliphatic heterocycles. The Morgan fingerprint density at radius 3 is 2.20 bits per heavy atom. The molecule has 0 aliphatic carbocycles. The average molecular weight is 419 g/mol. The number of rotatable bonds is 2. The summed E-state index contributed by atoms with van der Waals surface area (Å²) < 4.78 is 52.8. The van der Waals surface area contributed by atoms with Crippen LogP contribution in [-0.2, 0) is 15.8 Å². The summed E-state index contributed by atoms with van der Waals surface area (Å²) >= 11 is 0. The molecule has 3 atom stereocenters. The Labute approximate surface area is 169 Å². The van der Waals surface area contributed by atoms with Gasteiger partial charge in [-0.3, -0.25) is 9.59 Å². The third-order valence-corrected chi connectivity index (χ3v) is 6.05. The Morgan fingerprint density at radius 1 is 0.867 bits per heavy atom. The summed E-state index contributed by atoms with van der Waals surface area (Å²) in [5.41, 5.74) is -0.309. The third-order valence-electron chi connectivity index (χ3n) is 6.05. The Hall–Kier alpha value is -2.78. The average Bonchev–Trinajstić information content (AvgIpc) is 3.34. The minimum Gasteiger partial charge on any atom is -0.274 e. The molecule has 3 saturated heterocycles. The number of fused-ring (bicyclic) bond motifs is 3. The summed E-state index contributed by atoms with van der Waals surface area (Å²) in [6.07, 6.45) is -3.79. The van der Waals surface area contributed by atoms with Gasteiger partial charge in [0.05, 0.1) is 23.2 Å². The Balaban J connectivity index is 1.56. The van der Waals surface area contributed by atoms with Gasteiger partial charge < -0.3 is 0 Å². The third kappa shape index (κ3) is 2.76. The number of nitrogens with zero attached hydrogens (tertiary/aromatic N) is 3. The number of hydrogen-bond acceptors (Lipinski definition) is 4. The van der Waals surface area contributed by atoms with Crippen molar-refractivity contribution in [2.45, 2.75) is 24.7 Å². The fourth-order valence-electron chi connectivity index (χ4n) is 4.85. The number of halogens is 4. The van der Waals surface area contributed by atoms with E-state index in [1.54, 1.807) is 12.1 Å². The molecule has 0 aromatic heterocycles. The Kier molecular flexibility index (Phi) is 4.23. The maximum Gasteiger partial charge on any atom is 0.416 e. The Morgan fingerprint density at radius 2 is 1.53 bits per heavy atom. The van der Waals surface area contributed by atoms with Crippen LogP contribution in [0.25, 0.3) is 0 Å². The van der Waals surface area contributed by atoms with E-state index in [4.69, 9.17) is 0 Å². The van der Waals surface area contributed by atoms with Gasteiger partial charge in [0, 0.05) is 13.1 Å². The minimum absolute atomic E-state index is 0.0853. The quantitative estimate of drug-likeness (QED) is 0.553. The van der Waals surface area contributed by atoms with Gasteiger partial charge in [-0.15, -0.1) is 0 Å². The monoisotopic (exact) mass is 419 g/mol. The number of hydrazine groups is 1. The topological polar surface area (TPSA) is 43.9 Å². The molecule has 2 aromatic carbocycles. The minimum atomic E-state index is -4.58. The van der Waals surface area contributed by atoms with E-state index in [9.17, 15) is 27.2 Å². The van der Waals surface area contributed by atoms with Crippen LogP contribution in [0, 0.1) is 11.7 Å². The summed E-state index contributed by atoms with van der Waals surface area (Å²) in [7, 11) is 0. The zero-order valence-electron chi connectivity index (χ0n) is 15.6.